The van der Waals surface area contributed by atoms with Crippen LogP contribution in [-0.2, 0) is 8.85 Å². The number of halogens is 1. The minimum Gasteiger partial charge on any atom is -0.414 e. The summed E-state index contributed by atoms with van der Waals surface area (Å²) in [7, 11) is -3.52. The first-order valence-corrected chi connectivity index (χ1v) is 15.0. The highest BCUT2D eigenvalue weighted by Crippen LogP contribution is 2.39. The van der Waals surface area contributed by atoms with Crippen molar-refractivity contribution in [3.05, 3.63) is 10.2 Å². The summed E-state index contributed by atoms with van der Waals surface area (Å²) >= 11 is 2.30. The molecule has 132 valence electrons. The fourth-order valence-electron chi connectivity index (χ4n) is 1.49. The van der Waals surface area contributed by atoms with Crippen molar-refractivity contribution in [2.75, 3.05) is 6.61 Å². The topological polar surface area (TPSA) is 18.5 Å². The van der Waals surface area contributed by atoms with Gasteiger partial charge in [-0.3, -0.25) is 0 Å². The van der Waals surface area contributed by atoms with Gasteiger partial charge < -0.3 is 8.85 Å². The first kappa shape index (κ1) is 22.8. The van der Waals surface area contributed by atoms with E-state index in [2.05, 4.69) is 96.9 Å². The van der Waals surface area contributed by atoms with Gasteiger partial charge in [-0.1, -0.05) is 48.1 Å². The molecule has 0 aliphatic carbocycles. The highest BCUT2D eigenvalue weighted by molar-refractivity contribution is 14.1. The lowest BCUT2D eigenvalue weighted by atomic mass is 10.2. The first-order chi connectivity index (χ1) is 9.49. The maximum Gasteiger partial charge on any atom is 0.192 e. The van der Waals surface area contributed by atoms with Crippen molar-refractivity contribution in [3.8, 4) is 0 Å². The van der Waals surface area contributed by atoms with E-state index in [0.29, 0.717) is 6.61 Å². The van der Waals surface area contributed by atoms with Crippen LogP contribution in [0, 0.1) is 0 Å². The van der Waals surface area contributed by atoms with Gasteiger partial charge in [0.2, 0.25) is 0 Å². The molecule has 0 N–H and O–H groups in total. The molecule has 0 amide bonds. The van der Waals surface area contributed by atoms with Crippen molar-refractivity contribution in [2.45, 2.75) is 90.3 Å². The summed E-state index contributed by atoms with van der Waals surface area (Å²) in [6.07, 6.45) is 1.00. The molecule has 2 nitrogen and oxygen atoms in total. The molecule has 0 bridgehead atoms. The molecule has 0 aromatic carbocycles. The molecule has 1 atom stereocenters. The molecular formula is C17H37IO2Si2. The van der Waals surface area contributed by atoms with Gasteiger partial charge in [0.25, 0.3) is 0 Å². The summed E-state index contributed by atoms with van der Waals surface area (Å²) in [5, 5.41) is 0.449. The molecule has 0 rings (SSSR count). The fourth-order valence-corrected chi connectivity index (χ4v) is 4.36. The van der Waals surface area contributed by atoms with E-state index in [1.165, 1.54) is 0 Å². The number of hydrogen-bond acceptors (Lipinski definition) is 2. The standard InChI is InChI=1S/C17H37IO2Si2/c1-14(18)12-15(20-22(10,11)17(5,6)7)13-19-21(8,9)16(2,3)4/h15H,1,12-13H2,2-11H3/t15-/m1/s1. The van der Waals surface area contributed by atoms with Gasteiger partial charge in [0.1, 0.15) is 0 Å². The number of hydrogen-bond donors (Lipinski definition) is 0. The molecule has 0 aliphatic heterocycles. The fraction of sp³-hybridized carbons (Fsp3) is 0.882. The lowest BCUT2D eigenvalue weighted by Gasteiger charge is -2.41. The van der Waals surface area contributed by atoms with Gasteiger partial charge in [0.05, 0.1) is 12.7 Å². The third-order valence-electron chi connectivity index (χ3n) is 5.15. The molecule has 22 heavy (non-hydrogen) atoms. The SMILES string of the molecule is C=C(I)C[C@H](CO[Si](C)(C)C(C)(C)C)O[Si](C)(C)C(C)(C)C. The van der Waals surface area contributed by atoms with Gasteiger partial charge >= 0.3 is 0 Å². The molecule has 0 aromatic heterocycles. The van der Waals surface area contributed by atoms with Gasteiger partial charge in [-0.2, -0.15) is 0 Å². The lowest BCUT2D eigenvalue weighted by molar-refractivity contribution is 0.109. The van der Waals surface area contributed by atoms with E-state index in [0.717, 1.165) is 10.0 Å². The van der Waals surface area contributed by atoms with Crippen LogP contribution in [0.15, 0.2) is 10.2 Å². The van der Waals surface area contributed by atoms with Crippen LogP contribution in [-0.4, -0.2) is 29.3 Å². The Morgan fingerprint density at radius 2 is 1.36 bits per heavy atom. The zero-order chi connectivity index (χ0) is 18.0. The molecule has 0 saturated heterocycles. The molecule has 0 aromatic rings. The average molecular weight is 457 g/mol. The van der Waals surface area contributed by atoms with Gasteiger partial charge in [0, 0.05) is 6.42 Å². The van der Waals surface area contributed by atoms with Crippen LogP contribution in [0.4, 0.5) is 0 Å². The molecule has 5 heteroatoms. The highest BCUT2D eigenvalue weighted by Gasteiger charge is 2.41. The molecule has 0 heterocycles. The van der Waals surface area contributed by atoms with Crippen molar-refractivity contribution < 1.29 is 8.85 Å². The minimum absolute atomic E-state index is 0.124. The smallest absolute Gasteiger partial charge is 0.192 e. The second-order valence-electron chi connectivity index (χ2n) is 9.29. The zero-order valence-corrected chi connectivity index (χ0v) is 20.6. The van der Waals surface area contributed by atoms with E-state index in [1.807, 2.05) is 0 Å². The Morgan fingerprint density at radius 1 is 0.955 bits per heavy atom. The van der Waals surface area contributed by atoms with E-state index in [-0.39, 0.29) is 16.2 Å². The van der Waals surface area contributed by atoms with Gasteiger partial charge in [0.15, 0.2) is 16.6 Å². The van der Waals surface area contributed by atoms with Crippen molar-refractivity contribution in [1.29, 1.82) is 0 Å². The van der Waals surface area contributed by atoms with Crippen molar-refractivity contribution in [2.24, 2.45) is 0 Å². The minimum atomic E-state index is -1.79. The molecule has 0 spiro atoms. The second kappa shape index (κ2) is 7.80. The van der Waals surface area contributed by atoms with Crippen molar-refractivity contribution in [3.63, 3.8) is 0 Å². The maximum absolute atomic E-state index is 6.59. The van der Waals surface area contributed by atoms with E-state index in [9.17, 15) is 0 Å². The van der Waals surface area contributed by atoms with Crippen LogP contribution in [0.25, 0.3) is 0 Å². The Balaban J connectivity index is 4.99. The first-order valence-electron chi connectivity index (χ1n) is 8.15. The Hall–Kier alpha value is 0.824. The van der Waals surface area contributed by atoms with E-state index < -0.39 is 16.6 Å². The predicted octanol–water partition coefficient (Wildman–Crippen LogP) is 6.74. The van der Waals surface area contributed by atoms with Crippen LogP contribution in [0.1, 0.15) is 48.0 Å². The van der Waals surface area contributed by atoms with Crippen LogP contribution >= 0.6 is 22.6 Å². The molecule has 0 fully saturated rings. The summed E-state index contributed by atoms with van der Waals surface area (Å²) in [5.74, 6) is 0. The second-order valence-corrected chi connectivity index (χ2v) is 20.4. The summed E-state index contributed by atoms with van der Waals surface area (Å²) in [4.78, 5) is 0. The Bertz CT molecular complexity index is 379. The third-order valence-corrected chi connectivity index (χ3v) is 14.6. The summed E-state index contributed by atoms with van der Waals surface area (Å²) in [6.45, 7) is 27.6. The van der Waals surface area contributed by atoms with E-state index in [4.69, 9.17) is 8.85 Å². The summed E-state index contributed by atoms with van der Waals surface area (Å²) < 4.78 is 14.1. The zero-order valence-electron chi connectivity index (χ0n) is 16.4. The van der Waals surface area contributed by atoms with Crippen molar-refractivity contribution in [1.82, 2.24) is 0 Å². The monoisotopic (exact) mass is 456 g/mol. The summed E-state index contributed by atoms with van der Waals surface area (Å²) in [5.41, 5.74) is 0. The highest BCUT2D eigenvalue weighted by atomic mass is 127. The van der Waals surface area contributed by atoms with Crippen molar-refractivity contribution >= 4 is 39.2 Å². The van der Waals surface area contributed by atoms with E-state index in [1.54, 1.807) is 0 Å². The molecule has 0 radical (unpaired) electrons. The quantitative estimate of drug-likeness (QED) is 0.312. The molecule has 0 aliphatic rings. The Labute approximate surface area is 154 Å². The molecule has 0 unspecified atom stereocenters. The predicted molar refractivity (Wildman–Crippen MR) is 113 cm³/mol. The number of rotatable bonds is 7. The third kappa shape index (κ3) is 7.15. The van der Waals surface area contributed by atoms with Crippen LogP contribution in [0.5, 0.6) is 0 Å². The van der Waals surface area contributed by atoms with Gasteiger partial charge in [-0.15, -0.1) is 0 Å². The van der Waals surface area contributed by atoms with E-state index >= 15 is 0 Å². The van der Waals surface area contributed by atoms with Gasteiger partial charge in [-0.05, 0) is 62.4 Å². The largest absolute Gasteiger partial charge is 0.414 e. The molecular weight excluding hydrogens is 419 g/mol. The van der Waals surface area contributed by atoms with Gasteiger partial charge in [-0.25, -0.2) is 0 Å². The van der Waals surface area contributed by atoms with Crippen LogP contribution in [0.2, 0.25) is 36.3 Å². The lowest BCUT2D eigenvalue weighted by Crippen LogP contribution is -2.47. The Kier molecular flexibility index (Phi) is 8.10. The average Bonchev–Trinajstić information content (AvgIpc) is 2.21. The summed E-state index contributed by atoms with van der Waals surface area (Å²) in [6, 6.07) is 0. The maximum atomic E-state index is 6.59. The molecule has 0 saturated carbocycles. The normalized spacial score (nSPS) is 15.8. The van der Waals surface area contributed by atoms with Crippen LogP contribution < -0.4 is 0 Å². The van der Waals surface area contributed by atoms with Crippen LogP contribution in [0.3, 0.4) is 0 Å². The Morgan fingerprint density at radius 3 is 1.68 bits per heavy atom.